The Morgan fingerprint density at radius 3 is 2.52 bits per heavy atom. The first-order valence-electron chi connectivity index (χ1n) is 8.76. The molecule has 1 aromatic carbocycles. The second-order valence-corrected chi connectivity index (χ2v) is 7.41. The zero-order chi connectivity index (χ0) is 14.7. The van der Waals surface area contributed by atoms with Crippen LogP contribution in [0.2, 0.25) is 0 Å². The topological polar surface area (TPSA) is 23.8 Å². The van der Waals surface area contributed by atoms with Crippen LogP contribution in [-0.4, -0.2) is 0 Å². The molecule has 0 saturated heterocycles. The lowest BCUT2D eigenvalue weighted by Crippen LogP contribution is -2.17. The Hall–Kier alpha value is -1.29. The highest BCUT2D eigenvalue weighted by molar-refractivity contribution is 5.39. The van der Waals surface area contributed by atoms with Gasteiger partial charge in [0.25, 0.3) is 0 Å². The van der Waals surface area contributed by atoms with E-state index < -0.39 is 0 Å². The Bertz CT molecular complexity index is 517. The van der Waals surface area contributed by atoms with Gasteiger partial charge in [0.2, 0.25) is 0 Å². The van der Waals surface area contributed by atoms with Crippen LogP contribution >= 0.6 is 0 Å². The summed E-state index contributed by atoms with van der Waals surface area (Å²) in [5.41, 5.74) is 3.75. The van der Waals surface area contributed by atoms with E-state index in [4.69, 9.17) is 5.26 Å². The average Bonchev–Trinajstić information content (AvgIpc) is 2.53. The van der Waals surface area contributed by atoms with Gasteiger partial charge in [0.05, 0.1) is 11.6 Å². The third-order valence-electron chi connectivity index (χ3n) is 5.78. The minimum Gasteiger partial charge on any atom is -0.192 e. The van der Waals surface area contributed by atoms with E-state index in [-0.39, 0.29) is 0 Å². The van der Waals surface area contributed by atoms with Crippen LogP contribution in [0.3, 0.4) is 0 Å². The fraction of sp³-hybridized carbons (Fsp3) is 0.650. The van der Waals surface area contributed by atoms with Crippen LogP contribution in [-0.2, 0) is 12.8 Å². The molecule has 112 valence electrons. The highest BCUT2D eigenvalue weighted by Gasteiger charge is 2.22. The van der Waals surface area contributed by atoms with E-state index in [2.05, 4.69) is 25.1 Å². The average molecular weight is 281 g/mol. The van der Waals surface area contributed by atoms with Gasteiger partial charge in [-0.05, 0) is 66.7 Å². The summed E-state index contributed by atoms with van der Waals surface area (Å²) < 4.78 is 0. The van der Waals surface area contributed by atoms with Crippen molar-refractivity contribution in [3.63, 3.8) is 0 Å². The number of aryl methyl sites for hydroxylation is 1. The molecule has 1 saturated carbocycles. The van der Waals surface area contributed by atoms with Gasteiger partial charge in [-0.15, -0.1) is 0 Å². The van der Waals surface area contributed by atoms with Crippen molar-refractivity contribution in [1.82, 2.24) is 0 Å². The highest BCUT2D eigenvalue weighted by Crippen LogP contribution is 2.35. The minimum atomic E-state index is 0.823. The number of fused-ring (bicyclic) bond motifs is 1. The molecule has 2 aliphatic carbocycles. The molecule has 1 unspecified atom stereocenters. The summed E-state index contributed by atoms with van der Waals surface area (Å²) in [5, 5.41) is 8.99. The molecule has 1 nitrogen and oxygen atoms in total. The molecule has 0 aromatic heterocycles. The first-order valence-corrected chi connectivity index (χ1v) is 8.76. The molecule has 3 rings (SSSR count). The largest absolute Gasteiger partial charge is 0.192 e. The molecule has 1 heteroatoms. The summed E-state index contributed by atoms with van der Waals surface area (Å²) in [5.74, 6) is 2.85. The Morgan fingerprint density at radius 1 is 1.00 bits per heavy atom. The van der Waals surface area contributed by atoms with Crippen molar-refractivity contribution in [2.45, 2.75) is 64.7 Å². The third kappa shape index (κ3) is 3.67. The third-order valence-corrected chi connectivity index (χ3v) is 5.78. The lowest BCUT2D eigenvalue weighted by atomic mass is 9.76. The van der Waals surface area contributed by atoms with Crippen LogP contribution in [0.15, 0.2) is 18.2 Å². The first kappa shape index (κ1) is 14.6. The van der Waals surface area contributed by atoms with Crippen LogP contribution in [0.5, 0.6) is 0 Å². The lowest BCUT2D eigenvalue weighted by Gasteiger charge is -2.29. The standard InChI is InChI=1S/C20H27N/c1-15-2-4-16(5-3-15)6-7-17-8-10-20-13-18(14-21)9-11-19(20)12-17/h9,11,13,15-17H,2-8,10,12H2,1H3. The zero-order valence-corrected chi connectivity index (χ0v) is 13.3. The normalized spacial score (nSPS) is 28.7. The molecule has 21 heavy (non-hydrogen) atoms. The quantitative estimate of drug-likeness (QED) is 0.740. The summed E-state index contributed by atoms with van der Waals surface area (Å²) in [4.78, 5) is 0. The van der Waals surface area contributed by atoms with Gasteiger partial charge in [-0.2, -0.15) is 5.26 Å². The molecule has 2 aliphatic rings. The van der Waals surface area contributed by atoms with Gasteiger partial charge < -0.3 is 0 Å². The fourth-order valence-corrected chi connectivity index (χ4v) is 4.24. The number of nitriles is 1. The van der Waals surface area contributed by atoms with Crippen molar-refractivity contribution in [2.75, 3.05) is 0 Å². The van der Waals surface area contributed by atoms with Crippen molar-refractivity contribution < 1.29 is 0 Å². The molecule has 0 heterocycles. The number of benzene rings is 1. The van der Waals surface area contributed by atoms with Gasteiger partial charge in [-0.25, -0.2) is 0 Å². The molecule has 1 fully saturated rings. The summed E-state index contributed by atoms with van der Waals surface area (Å²) in [6.07, 6.45) is 12.4. The maximum absolute atomic E-state index is 8.99. The van der Waals surface area contributed by atoms with E-state index in [1.807, 2.05) is 6.07 Å². The maximum atomic E-state index is 8.99. The van der Waals surface area contributed by atoms with Crippen LogP contribution in [0.25, 0.3) is 0 Å². The van der Waals surface area contributed by atoms with Gasteiger partial charge in [0, 0.05) is 0 Å². The smallest absolute Gasteiger partial charge is 0.0991 e. The van der Waals surface area contributed by atoms with Crippen molar-refractivity contribution in [3.05, 3.63) is 34.9 Å². The molecule has 0 amide bonds. The maximum Gasteiger partial charge on any atom is 0.0991 e. The van der Waals surface area contributed by atoms with E-state index in [9.17, 15) is 0 Å². The second kappa shape index (κ2) is 6.65. The molecule has 0 N–H and O–H groups in total. The Labute approximate surface area is 129 Å². The monoisotopic (exact) mass is 281 g/mol. The Kier molecular flexibility index (Phi) is 4.63. The SMILES string of the molecule is CC1CCC(CCC2CCc3cc(C#N)ccc3C2)CC1. The molecule has 0 spiro atoms. The van der Waals surface area contributed by atoms with E-state index in [1.165, 1.54) is 68.9 Å². The lowest BCUT2D eigenvalue weighted by molar-refractivity contribution is 0.255. The predicted octanol–water partition coefficient (Wildman–Crippen LogP) is 5.27. The van der Waals surface area contributed by atoms with Gasteiger partial charge in [0.1, 0.15) is 0 Å². The van der Waals surface area contributed by atoms with Crippen LogP contribution in [0, 0.1) is 29.1 Å². The summed E-state index contributed by atoms with van der Waals surface area (Å²) in [6.45, 7) is 2.41. The van der Waals surface area contributed by atoms with Crippen molar-refractivity contribution >= 4 is 0 Å². The number of nitrogens with zero attached hydrogens (tertiary/aromatic N) is 1. The Balaban J connectivity index is 1.51. The highest BCUT2D eigenvalue weighted by atomic mass is 14.3. The van der Waals surface area contributed by atoms with Crippen molar-refractivity contribution in [1.29, 1.82) is 5.26 Å². The van der Waals surface area contributed by atoms with Crippen molar-refractivity contribution in [3.8, 4) is 6.07 Å². The van der Waals surface area contributed by atoms with Crippen LogP contribution in [0.1, 0.15) is 68.6 Å². The fourth-order valence-electron chi connectivity index (χ4n) is 4.24. The molecular formula is C20H27N. The van der Waals surface area contributed by atoms with E-state index in [0.717, 1.165) is 23.3 Å². The second-order valence-electron chi connectivity index (χ2n) is 7.41. The van der Waals surface area contributed by atoms with E-state index in [0.29, 0.717) is 0 Å². The number of hydrogen-bond donors (Lipinski definition) is 0. The molecule has 0 aliphatic heterocycles. The van der Waals surface area contributed by atoms with Gasteiger partial charge in [0.15, 0.2) is 0 Å². The molecule has 0 bridgehead atoms. The number of rotatable bonds is 3. The molecule has 0 radical (unpaired) electrons. The number of hydrogen-bond acceptors (Lipinski definition) is 1. The molecule has 1 atom stereocenters. The van der Waals surface area contributed by atoms with Crippen molar-refractivity contribution in [2.24, 2.45) is 17.8 Å². The predicted molar refractivity (Wildman–Crippen MR) is 87.0 cm³/mol. The first-order chi connectivity index (χ1) is 10.2. The van der Waals surface area contributed by atoms with Gasteiger partial charge in [-0.3, -0.25) is 0 Å². The summed E-state index contributed by atoms with van der Waals surface area (Å²) in [7, 11) is 0. The Morgan fingerprint density at radius 2 is 1.76 bits per heavy atom. The molecular weight excluding hydrogens is 254 g/mol. The van der Waals surface area contributed by atoms with Gasteiger partial charge in [-0.1, -0.05) is 45.1 Å². The van der Waals surface area contributed by atoms with Gasteiger partial charge >= 0.3 is 0 Å². The summed E-state index contributed by atoms with van der Waals surface area (Å²) in [6, 6.07) is 8.55. The molecule has 1 aromatic rings. The summed E-state index contributed by atoms with van der Waals surface area (Å²) >= 11 is 0. The van der Waals surface area contributed by atoms with Crippen LogP contribution < -0.4 is 0 Å². The minimum absolute atomic E-state index is 0.823. The van der Waals surface area contributed by atoms with Crippen LogP contribution in [0.4, 0.5) is 0 Å². The zero-order valence-electron chi connectivity index (χ0n) is 13.3. The van der Waals surface area contributed by atoms with E-state index >= 15 is 0 Å². The van der Waals surface area contributed by atoms with E-state index in [1.54, 1.807) is 0 Å².